The Hall–Kier alpha value is -2.43. The van der Waals surface area contributed by atoms with Crippen LogP contribution in [-0.2, 0) is 0 Å². The Morgan fingerprint density at radius 3 is 2.53 bits per heavy atom. The van der Waals surface area contributed by atoms with Crippen LogP contribution in [0.4, 0.5) is 0 Å². The average Bonchev–Trinajstić information content (AvgIpc) is 2.39. The van der Waals surface area contributed by atoms with Crippen molar-refractivity contribution < 1.29 is 9.53 Å². The number of hydrogen-bond donors (Lipinski definition) is 1. The molecular formula is C14H15N3O2. The second kappa shape index (κ2) is 5.48. The summed E-state index contributed by atoms with van der Waals surface area (Å²) in [5.41, 5.74) is 6.66. The van der Waals surface area contributed by atoms with E-state index in [0.29, 0.717) is 17.1 Å². The quantitative estimate of drug-likeness (QED) is 0.912. The van der Waals surface area contributed by atoms with E-state index in [1.54, 1.807) is 12.1 Å². The first-order valence-electron chi connectivity index (χ1n) is 5.95. The zero-order valence-corrected chi connectivity index (χ0v) is 10.8. The van der Waals surface area contributed by atoms with Gasteiger partial charge in [-0.3, -0.25) is 4.79 Å². The SMILES string of the molecule is CC(C)c1cccc(C(N)=O)c1Oc1cncnc1. The van der Waals surface area contributed by atoms with E-state index in [9.17, 15) is 4.79 Å². The van der Waals surface area contributed by atoms with Crippen LogP contribution in [-0.4, -0.2) is 15.9 Å². The largest absolute Gasteiger partial charge is 0.453 e. The van der Waals surface area contributed by atoms with Crippen molar-refractivity contribution in [2.75, 3.05) is 0 Å². The monoisotopic (exact) mass is 257 g/mol. The maximum atomic E-state index is 11.5. The van der Waals surface area contributed by atoms with Crippen LogP contribution in [0.25, 0.3) is 0 Å². The number of carbonyl (C=O) groups excluding carboxylic acids is 1. The first kappa shape index (κ1) is 13.0. The van der Waals surface area contributed by atoms with Gasteiger partial charge < -0.3 is 10.5 Å². The molecule has 0 radical (unpaired) electrons. The van der Waals surface area contributed by atoms with E-state index in [1.807, 2.05) is 19.9 Å². The minimum Gasteiger partial charge on any atom is -0.453 e. The highest BCUT2D eigenvalue weighted by Gasteiger charge is 2.17. The van der Waals surface area contributed by atoms with E-state index in [1.165, 1.54) is 18.7 Å². The predicted octanol–water partition coefficient (Wildman–Crippen LogP) is 2.49. The van der Waals surface area contributed by atoms with E-state index in [0.717, 1.165) is 5.56 Å². The average molecular weight is 257 g/mol. The maximum Gasteiger partial charge on any atom is 0.252 e. The summed E-state index contributed by atoms with van der Waals surface area (Å²) in [5, 5.41) is 0. The smallest absolute Gasteiger partial charge is 0.252 e. The molecule has 0 bridgehead atoms. The highest BCUT2D eigenvalue weighted by molar-refractivity contribution is 5.96. The number of ether oxygens (including phenoxy) is 1. The molecule has 2 N–H and O–H groups in total. The van der Waals surface area contributed by atoms with Gasteiger partial charge in [-0.25, -0.2) is 9.97 Å². The van der Waals surface area contributed by atoms with Crippen LogP contribution in [0.1, 0.15) is 35.7 Å². The van der Waals surface area contributed by atoms with Crippen molar-refractivity contribution >= 4 is 5.91 Å². The first-order chi connectivity index (χ1) is 9.09. The minimum absolute atomic E-state index is 0.207. The number of para-hydroxylation sites is 1. The zero-order valence-electron chi connectivity index (χ0n) is 10.8. The van der Waals surface area contributed by atoms with Gasteiger partial charge in [-0.05, 0) is 17.5 Å². The molecule has 2 aromatic rings. The summed E-state index contributed by atoms with van der Waals surface area (Å²) in [6, 6.07) is 5.35. The number of benzene rings is 1. The fraction of sp³-hybridized carbons (Fsp3) is 0.214. The Morgan fingerprint density at radius 2 is 1.95 bits per heavy atom. The van der Waals surface area contributed by atoms with Gasteiger partial charge in [0.25, 0.3) is 5.91 Å². The molecule has 0 aliphatic carbocycles. The summed E-state index contributed by atoms with van der Waals surface area (Å²) in [6.45, 7) is 4.04. The Labute approximate surface area is 111 Å². The fourth-order valence-corrected chi connectivity index (χ4v) is 1.77. The van der Waals surface area contributed by atoms with Gasteiger partial charge in [0.05, 0.1) is 18.0 Å². The minimum atomic E-state index is -0.519. The predicted molar refractivity (Wildman–Crippen MR) is 71.2 cm³/mol. The number of rotatable bonds is 4. The maximum absolute atomic E-state index is 11.5. The van der Waals surface area contributed by atoms with Gasteiger partial charge in [-0.15, -0.1) is 0 Å². The Bertz CT molecular complexity index is 582. The molecule has 0 saturated heterocycles. The second-order valence-corrected chi connectivity index (χ2v) is 4.42. The lowest BCUT2D eigenvalue weighted by molar-refractivity contribution is 0.0998. The highest BCUT2D eigenvalue weighted by atomic mass is 16.5. The lowest BCUT2D eigenvalue weighted by Crippen LogP contribution is -2.13. The van der Waals surface area contributed by atoms with Crippen LogP contribution in [0.2, 0.25) is 0 Å². The molecule has 5 nitrogen and oxygen atoms in total. The van der Waals surface area contributed by atoms with Crippen molar-refractivity contribution in [3.05, 3.63) is 48.0 Å². The molecular weight excluding hydrogens is 242 g/mol. The van der Waals surface area contributed by atoms with Crippen LogP contribution in [0.5, 0.6) is 11.5 Å². The van der Waals surface area contributed by atoms with Crippen LogP contribution in [0.3, 0.4) is 0 Å². The summed E-state index contributed by atoms with van der Waals surface area (Å²) in [6.07, 6.45) is 4.49. The molecule has 0 aliphatic heterocycles. The zero-order chi connectivity index (χ0) is 13.8. The molecule has 0 saturated carbocycles. The van der Waals surface area contributed by atoms with E-state index in [-0.39, 0.29) is 5.92 Å². The molecule has 2 rings (SSSR count). The van der Waals surface area contributed by atoms with E-state index < -0.39 is 5.91 Å². The third-order valence-electron chi connectivity index (χ3n) is 2.69. The molecule has 98 valence electrons. The van der Waals surface area contributed by atoms with Crippen LogP contribution in [0, 0.1) is 0 Å². The molecule has 19 heavy (non-hydrogen) atoms. The molecule has 0 unspecified atom stereocenters. The standard InChI is InChI=1S/C14H15N3O2/c1-9(2)11-4-3-5-12(14(15)18)13(11)19-10-6-16-8-17-7-10/h3-9H,1-2H3,(H2,15,18). The Balaban J connectivity index is 2.49. The van der Waals surface area contributed by atoms with Gasteiger partial charge in [0.15, 0.2) is 5.75 Å². The van der Waals surface area contributed by atoms with Gasteiger partial charge in [0, 0.05) is 0 Å². The molecule has 0 spiro atoms. The van der Waals surface area contributed by atoms with Crippen molar-refractivity contribution in [3.63, 3.8) is 0 Å². The molecule has 0 fully saturated rings. The summed E-state index contributed by atoms with van der Waals surface area (Å²) in [4.78, 5) is 19.3. The van der Waals surface area contributed by atoms with Crippen molar-refractivity contribution in [2.45, 2.75) is 19.8 Å². The normalized spacial score (nSPS) is 10.5. The van der Waals surface area contributed by atoms with Crippen LogP contribution < -0.4 is 10.5 Å². The van der Waals surface area contributed by atoms with Gasteiger partial charge in [-0.2, -0.15) is 0 Å². The van der Waals surface area contributed by atoms with E-state index >= 15 is 0 Å². The third kappa shape index (κ3) is 2.88. The molecule has 1 aromatic heterocycles. The summed E-state index contributed by atoms with van der Waals surface area (Å²) < 4.78 is 5.74. The summed E-state index contributed by atoms with van der Waals surface area (Å²) in [5.74, 6) is 0.631. The summed E-state index contributed by atoms with van der Waals surface area (Å²) >= 11 is 0. The van der Waals surface area contributed by atoms with Gasteiger partial charge >= 0.3 is 0 Å². The molecule has 1 aromatic carbocycles. The van der Waals surface area contributed by atoms with Crippen LogP contribution >= 0.6 is 0 Å². The van der Waals surface area contributed by atoms with Gasteiger partial charge in [-0.1, -0.05) is 26.0 Å². The lowest BCUT2D eigenvalue weighted by Gasteiger charge is -2.15. The number of nitrogens with zero attached hydrogens (tertiary/aromatic N) is 2. The molecule has 1 amide bonds. The number of nitrogens with two attached hydrogens (primary N) is 1. The lowest BCUT2D eigenvalue weighted by atomic mass is 9.99. The molecule has 5 heteroatoms. The first-order valence-corrected chi connectivity index (χ1v) is 5.95. The number of primary amides is 1. The van der Waals surface area contributed by atoms with Crippen molar-refractivity contribution in [1.82, 2.24) is 9.97 Å². The Morgan fingerprint density at radius 1 is 1.26 bits per heavy atom. The van der Waals surface area contributed by atoms with Crippen molar-refractivity contribution in [1.29, 1.82) is 0 Å². The van der Waals surface area contributed by atoms with Crippen LogP contribution in [0.15, 0.2) is 36.9 Å². The topological polar surface area (TPSA) is 78.1 Å². The molecule has 0 atom stereocenters. The number of hydrogen-bond acceptors (Lipinski definition) is 4. The highest BCUT2D eigenvalue weighted by Crippen LogP contribution is 2.33. The Kier molecular flexibility index (Phi) is 3.75. The molecule has 1 heterocycles. The number of amides is 1. The fourth-order valence-electron chi connectivity index (χ4n) is 1.77. The van der Waals surface area contributed by atoms with Gasteiger partial charge in [0.2, 0.25) is 0 Å². The van der Waals surface area contributed by atoms with E-state index in [2.05, 4.69) is 9.97 Å². The third-order valence-corrected chi connectivity index (χ3v) is 2.69. The van der Waals surface area contributed by atoms with Gasteiger partial charge in [0.1, 0.15) is 12.1 Å². The van der Waals surface area contributed by atoms with E-state index in [4.69, 9.17) is 10.5 Å². The second-order valence-electron chi connectivity index (χ2n) is 4.42. The van der Waals surface area contributed by atoms with Crippen molar-refractivity contribution in [3.8, 4) is 11.5 Å². The number of carbonyl (C=O) groups is 1. The molecule has 0 aliphatic rings. The number of aromatic nitrogens is 2. The summed E-state index contributed by atoms with van der Waals surface area (Å²) in [7, 11) is 0. The van der Waals surface area contributed by atoms with Crippen molar-refractivity contribution in [2.24, 2.45) is 5.73 Å².